The summed E-state index contributed by atoms with van der Waals surface area (Å²) in [5.74, 6) is 0.899. The zero-order valence-electron chi connectivity index (χ0n) is 13.9. The summed E-state index contributed by atoms with van der Waals surface area (Å²) in [6.07, 6.45) is 7.45. The lowest BCUT2D eigenvalue weighted by Gasteiger charge is -2.30. The molecule has 1 aliphatic heterocycles. The lowest BCUT2D eigenvalue weighted by molar-refractivity contribution is 0.179. The van der Waals surface area contributed by atoms with Crippen molar-refractivity contribution in [1.29, 1.82) is 0 Å². The number of fused-ring (bicyclic) bond motifs is 1. The van der Waals surface area contributed by atoms with E-state index >= 15 is 0 Å². The second-order valence-corrected chi connectivity index (χ2v) is 8.49. The third-order valence-electron chi connectivity index (χ3n) is 4.93. The third-order valence-corrected chi connectivity index (χ3v) is 6.75. The first-order chi connectivity index (χ1) is 12.1. The molecule has 9 heteroatoms. The Hall–Kier alpha value is -2.00. The topological polar surface area (TPSA) is 101 Å². The van der Waals surface area contributed by atoms with Crippen molar-refractivity contribution in [3.63, 3.8) is 0 Å². The van der Waals surface area contributed by atoms with E-state index in [1.54, 1.807) is 0 Å². The molecule has 0 unspecified atom stereocenters. The molecule has 25 heavy (non-hydrogen) atoms. The van der Waals surface area contributed by atoms with Crippen molar-refractivity contribution in [2.75, 3.05) is 19.7 Å². The fourth-order valence-corrected chi connectivity index (χ4v) is 4.79. The van der Waals surface area contributed by atoms with Crippen LogP contribution in [0.1, 0.15) is 30.5 Å². The van der Waals surface area contributed by atoms with E-state index in [-0.39, 0.29) is 5.03 Å². The van der Waals surface area contributed by atoms with Crippen LogP contribution in [0, 0.1) is 5.92 Å². The van der Waals surface area contributed by atoms with Crippen LogP contribution in [0.15, 0.2) is 23.6 Å². The summed E-state index contributed by atoms with van der Waals surface area (Å²) in [5, 5.41) is 8.51. The number of ether oxygens (including phenoxy) is 1. The molecule has 2 aromatic rings. The standard InChI is InChI=1S/C16H21N5O3S/c22-25(23,16-9-17-11-18-16)21-6-4-12(5-7-21)10-24-15-8-13-2-1-3-14(13)19-20-15/h8-9,11-12H,1-7,10H2,(H,17,18). The van der Waals surface area contributed by atoms with Crippen molar-refractivity contribution in [2.24, 2.45) is 5.92 Å². The number of hydrogen-bond donors (Lipinski definition) is 1. The lowest BCUT2D eigenvalue weighted by atomic mass is 9.99. The van der Waals surface area contributed by atoms with E-state index in [9.17, 15) is 8.42 Å². The molecular weight excluding hydrogens is 342 g/mol. The number of imidazole rings is 1. The molecular formula is C16H21N5O3S. The van der Waals surface area contributed by atoms with Gasteiger partial charge in [0.25, 0.3) is 10.0 Å². The molecule has 0 spiro atoms. The minimum atomic E-state index is -3.46. The molecule has 0 radical (unpaired) electrons. The second kappa shape index (κ2) is 6.72. The third kappa shape index (κ3) is 3.38. The summed E-state index contributed by atoms with van der Waals surface area (Å²) in [6.45, 7) is 1.53. The minimum Gasteiger partial charge on any atom is -0.476 e. The second-order valence-electron chi connectivity index (χ2n) is 6.58. The zero-order valence-corrected chi connectivity index (χ0v) is 14.7. The lowest BCUT2D eigenvalue weighted by Crippen LogP contribution is -2.39. The molecule has 0 saturated carbocycles. The molecule has 0 amide bonds. The van der Waals surface area contributed by atoms with Crippen molar-refractivity contribution in [3.8, 4) is 5.88 Å². The van der Waals surface area contributed by atoms with Crippen LogP contribution in [0.3, 0.4) is 0 Å². The quantitative estimate of drug-likeness (QED) is 0.856. The Morgan fingerprint density at radius 3 is 2.84 bits per heavy atom. The highest BCUT2D eigenvalue weighted by molar-refractivity contribution is 7.89. The highest BCUT2D eigenvalue weighted by atomic mass is 32.2. The average Bonchev–Trinajstić information content (AvgIpc) is 3.31. The van der Waals surface area contributed by atoms with Crippen LogP contribution < -0.4 is 4.74 Å². The van der Waals surface area contributed by atoms with Crippen molar-refractivity contribution in [3.05, 3.63) is 29.8 Å². The first-order valence-corrected chi connectivity index (χ1v) is 10.0. The molecule has 1 fully saturated rings. The Labute approximate surface area is 146 Å². The number of H-pyrrole nitrogens is 1. The minimum absolute atomic E-state index is 0.149. The van der Waals surface area contributed by atoms with E-state index in [1.807, 2.05) is 6.07 Å². The SMILES string of the molecule is O=S(=O)(c1cnc[nH]1)N1CCC(COc2cc3c(nn2)CCC3)CC1. The van der Waals surface area contributed by atoms with Crippen molar-refractivity contribution >= 4 is 10.0 Å². The Morgan fingerprint density at radius 2 is 2.08 bits per heavy atom. The van der Waals surface area contributed by atoms with Crippen LogP contribution in [0.5, 0.6) is 5.88 Å². The number of aryl methyl sites for hydroxylation is 2. The Balaban J connectivity index is 1.31. The molecule has 0 aromatic carbocycles. The summed E-state index contributed by atoms with van der Waals surface area (Å²) in [7, 11) is -3.46. The highest BCUT2D eigenvalue weighted by Gasteiger charge is 2.30. The van der Waals surface area contributed by atoms with E-state index in [0.29, 0.717) is 31.5 Å². The van der Waals surface area contributed by atoms with Crippen LogP contribution in [-0.4, -0.2) is 52.6 Å². The number of hydrogen-bond acceptors (Lipinski definition) is 6. The van der Waals surface area contributed by atoms with Crippen LogP contribution in [-0.2, 0) is 22.9 Å². The Kier molecular flexibility index (Phi) is 4.43. The van der Waals surface area contributed by atoms with Crippen molar-refractivity contribution in [1.82, 2.24) is 24.5 Å². The van der Waals surface area contributed by atoms with E-state index in [4.69, 9.17) is 4.74 Å². The fourth-order valence-electron chi connectivity index (χ4n) is 3.42. The van der Waals surface area contributed by atoms with Gasteiger partial charge in [0.05, 0.1) is 24.8 Å². The molecule has 0 atom stereocenters. The summed E-state index contributed by atoms with van der Waals surface area (Å²) in [6, 6.07) is 1.99. The maximum Gasteiger partial charge on any atom is 0.260 e. The zero-order chi connectivity index (χ0) is 17.3. The smallest absolute Gasteiger partial charge is 0.260 e. The van der Waals surface area contributed by atoms with Crippen molar-refractivity contribution < 1.29 is 13.2 Å². The van der Waals surface area contributed by atoms with E-state index < -0.39 is 10.0 Å². The summed E-state index contributed by atoms with van der Waals surface area (Å²) in [4.78, 5) is 6.46. The number of nitrogens with zero attached hydrogens (tertiary/aromatic N) is 4. The first kappa shape index (κ1) is 16.5. The van der Waals surface area contributed by atoms with Gasteiger partial charge in [-0.1, -0.05) is 0 Å². The van der Waals surface area contributed by atoms with E-state index in [1.165, 1.54) is 22.4 Å². The Bertz CT molecular complexity index is 829. The molecule has 1 aliphatic carbocycles. The molecule has 134 valence electrons. The molecule has 3 heterocycles. The largest absolute Gasteiger partial charge is 0.476 e. The van der Waals surface area contributed by atoms with Gasteiger partial charge >= 0.3 is 0 Å². The molecule has 1 N–H and O–H groups in total. The number of piperidine rings is 1. The van der Waals surface area contributed by atoms with Gasteiger partial charge in [0.2, 0.25) is 5.88 Å². The van der Waals surface area contributed by atoms with Gasteiger partial charge in [0.1, 0.15) is 0 Å². The molecule has 8 nitrogen and oxygen atoms in total. The number of nitrogens with one attached hydrogen (secondary N) is 1. The number of aromatic amines is 1. The van der Waals surface area contributed by atoms with Gasteiger partial charge in [0.15, 0.2) is 5.03 Å². The molecule has 2 aromatic heterocycles. The van der Waals surface area contributed by atoms with Crippen LogP contribution in [0.25, 0.3) is 0 Å². The number of sulfonamides is 1. The Morgan fingerprint density at radius 1 is 1.24 bits per heavy atom. The van der Waals surface area contributed by atoms with Crippen LogP contribution >= 0.6 is 0 Å². The van der Waals surface area contributed by atoms with Crippen LogP contribution in [0.2, 0.25) is 0 Å². The van der Waals surface area contributed by atoms with Gasteiger partial charge in [-0.05, 0) is 43.6 Å². The van der Waals surface area contributed by atoms with Gasteiger partial charge in [0, 0.05) is 19.2 Å². The molecule has 1 saturated heterocycles. The molecule has 0 bridgehead atoms. The predicted octanol–water partition coefficient (Wildman–Crippen LogP) is 1.17. The van der Waals surface area contributed by atoms with Gasteiger partial charge in [-0.2, -0.15) is 9.40 Å². The van der Waals surface area contributed by atoms with Gasteiger partial charge < -0.3 is 9.72 Å². The van der Waals surface area contributed by atoms with Crippen LogP contribution in [0.4, 0.5) is 0 Å². The monoisotopic (exact) mass is 363 g/mol. The van der Waals surface area contributed by atoms with E-state index in [2.05, 4.69) is 20.2 Å². The van der Waals surface area contributed by atoms with E-state index in [0.717, 1.165) is 37.8 Å². The predicted molar refractivity (Wildman–Crippen MR) is 89.6 cm³/mol. The average molecular weight is 363 g/mol. The fraction of sp³-hybridized carbons (Fsp3) is 0.562. The normalized spacial score (nSPS) is 19.0. The summed E-state index contributed by atoms with van der Waals surface area (Å²) in [5.41, 5.74) is 2.33. The number of aromatic nitrogens is 4. The summed E-state index contributed by atoms with van der Waals surface area (Å²) >= 11 is 0. The maximum atomic E-state index is 12.4. The summed E-state index contributed by atoms with van der Waals surface area (Å²) < 4.78 is 32.2. The molecule has 4 rings (SSSR count). The maximum absolute atomic E-state index is 12.4. The first-order valence-electron chi connectivity index (χ1n) is 8.60. The van der Waals surface area contributed by atoms with Gasteiger partial charge in [-0.15, -0.1) is 5.10 Å². The highest BCUT2D eigenvalue weighted by Crippen LogP contribution is 2.25. The van der Waals surface area contributed by atoms with Gasteiger partial charge in [-0.25, -0.2) is 13.4 Å². The van der Waals surface area contributed by atoms with Gasteiger partial charge in [-0.3, -0.25) is 0 Å². The van der Waals surface area contributed by atoms with Crippen molar-refractivity contribution in [2.45, 2.75) is 37.1 Å². The molecule has 2 aliphatic rings. The number of rotatable bonds is 5.